The van der Waals surface area contributed by atoms with Crippen LogP contribution in [0.25, 0.3) is 0 Å². The number of hydrogen-bond acceptors (Lipinski definition) is 1. The van der Waals surface area contributed by atoms with Crippen molar-refractivity contribution in [3.05, 3.63) is 0 Å². The summed E-state index contributed by atoms with van der Waals surface area (Å²) in [6.07, 6.45) is 0. The molecule has 1 amide bonds. The van der Waals surface area contributed by atoms with Crippen LogP contribution in [0.5, 0.6) is 0 Å². The van der Waals surface area contributed by atoms with Crippen molar-refractivity contribution in [2.75, 3.05) is 0 Å². The van der Waals surface area contributed by atoms with Crippen LogP contribution in [-0.2, 0) is 4.79 Å². The number of hydrogen-bond donors (Lipinski definition) is 1. The van der Waals surface area contributed by atoms with E-state index < -0.39 is 21.8 Å². The van der Waals surface area contributed by atoms with Gasteiger partial charge in [0, 0.05) is 0 Å². The Morgan fingerprint density at radius 3 is 2.00 bits per heavy atom. The molecular formula is C5H12BiNO. The molecule has 0 heterocycles. The predicted octanol–water partition coefficient (Wildman–Crippen LogP) is 0.616. The molecule has 0 aromatic carbocycles. The van der Waals surface area contributed by atoms with Crippen molar-refractivity contribution in [1.82, 2.24) is 0 Å². The SMILES string of the molecule is C[CH](C(N)=O)[Bi]([CH3])[CH3]. The van der Waals surface area contributed by atoms with E-state index in [0.29, 0.717) is 0 Å². The second-order valence-electron chi connectivity index (χ2n) is 2.04. The molecule has 0 fully saturated rings. The second kappa shape index (κ2) is 3.39. The van der Waals surface area contributed by atoms with Crippen molar-refractivity contribution in [2.45, 2.75) is 19.8 Å². The van der Waals surface area contributed by atoms with E-state index in [1.807, 2.05) is 6.92 Å². The first kappa shape index (κ1) is 8.35. The maximum atomic E-state index is 10.4. The number of carbonyl (C=O) groups excluding carboxylic acids is 1. The number of nitrogens with two attached hydrogens (primary N) is 1. The van der Waals surface area contributed by atoms with E-state index in [2.05, 4.69) is 9.26 Å². The van der Waals surface area contributed by atoms with E-state index in [1.165, 1.54) is 0 Å². The van der Waals surface area contributed by atoms with E-state index in [0.717, 1.165) is 0 Å². The van der Waals surface area contributed by atoms with Crippen molar-refractivity contribution in [1.29, 1.82) is 0 Å². The Kier molecular flexibility index (Phi) is 3.54. The number of primary amides is 1. The average Bonchev–Trinajstić information content (AvgIpc) is 1.64. The van der Waals surface area contributed by atoms with Gasteiger partial charge in [-0.2, -0.15) is 0 Å². The number of carbonyl (C=O) groups is 1. The fourth-order valence-corrected chi connectivity index (χ4v) is 2.23. The van der Waals surface area contributed by atoms with Gasteiger partial charge < -0.3 is 0 Å². The van der Waals surface area contributed by atoms with E-state index >= 15 is 0 Å². The van der Waals surface area contributed by atoms with Gasteiger partial charge in [0.05, 0.1) is 0 Å². The first-order valence-corrected chi connectivity index (χ1v) is 11.5. The monoisotopic (exact) mass is 311 g/mol. The zero-order valence-corrected chi connectivity index (χ0v) is 8.99. The summed E-state index contributed by atoms with van der Waals surface area (Å²) in [5.41, 5.74) is 5.05. The molecule has 2 nitrogen and oxygen atoms in total. The molecule has 48 valence electrons. The van der Waals surface area contributed by atoms with Crippen LogP contribution in [0.2, 0.25) is 12.9 Å². The zero-order chi connectivity index (χ0) is 6.73. The maximum absolute atomic E-state index is 10.4. The summed E-state index contributed by atoms with van der Waals surface area (Å²) in [7, 11) is 0. The summed E-state index contributed by atoms with van der Waals surface area (Å²) < 4.78 is 4.58. The van der Waals surface area contributed by atoms with Crippen molar-refractivity contribution < 1.29 is 4.79 Å². The zero-order valence-electron chi connectivity index (χ0n) is 5.51. The first-order chi connectivity index (χ1) is 3.55. The standard InChI is InChI=1S/C3H6NO.2CH3.Bi/c1-2-3(4)5;;;/h2H,1H3,(H2,4,5);2*1H3;. The van der Waals surface area contributed by atoms with Gasteiger partial charge in [0.15, 0.2) is 0 Å². The Labute approximate surface area is 58.1 Å². The van der Waals surface area contributed by atoms with Gasteiger partial charge in [-0.15, -0.1) is 0 Å². The number of amides is 1. The van der Waals surface area contributed by atoms with E-state index in [1.54, 1.807) is 0 Å². The van der Waals surface area contributed by atoms with Crippen molar-refractivity contribution >= 4 is 27.7 Å². The Morgan fingerprint density at radius 1 is 1.62 bits per heavy atom. The van der Waals surface area contributed by atoms with E-state index in [-0.39, 0.29) is 9.53 Å². The summed E-state index contributed by atoms with van der Waals surface area (Å²) in [4.78, 5) is 10.4. The quantitative estimate of drug-likeness (QED) is 0.747. The molecule has 0 aromatic rings. The molecule has 0 spiro atoms. The van der Waals surface area contributed by atoms with Gasteiger partial charge in [-0.3, -0.25) is 0 Å². The molecule has 0 aliphatic heterocycles. The minimum absolute atomic E-state index is 0.118. The fourth-order valence-electron chi connectivity index (χ4n) is 0.254. The Hall–Kier alpha value is 0.353. The summed E-state index contributed by atoms with van der Waals surface area (Å²) >= 11 is -1.34. The molecule has 2 N–H and O–H groups in total. The molecule has 0 aliphatic rings. The molecule has 0 radical (unpaired) electrons. The van der Waals surface area contributed by atoms with Gasteiger partial charge >= 0.3 is 58.0 Å². The second-order valence-corrected chi connectivity index (χ2v) is 12.5. The van der Waals surface area contributed by atoms with Crippen LogP contribution in [0.3, 0.4) is 0 Å². The molecule has 0 rings (SSSR count). The normalized spacial score (nSPS) is 14.0. The van der Waals surface area contributed by atoms with Crippen LogP contribution in [-0.4, -0.2) is 27.7 Å². The van der Waals surface area contributed by atoms with Gasteiger partial charge in [-0.1, -0.05) is 0 Å². The third-order valence-electron chi connectivity index (χ3n) is 1.19. The molecule has 0 saturated carbocycles. The Morgan fingerprint density at radius 2 is 2.00 bits per heavy atom. The molecule has 0 aromatic heterocycles. The van der Waals surface area contributed by atoms with Crippen LogP contribution in [0.1, 0.15) is 6.92 Å². The molecule has 3 heteroatoms. The summed E-state index contributed by atoms with van der Waals surface area (Å²) in [6.45, 7) is 1.93. The summed E-state index contributed by atoms with van der Waals surface area (Å²) in [5.74, 6) is -0.118. The van der Waals surface area contributed by atoms with Crippen LogP contribution >= 0.6 is 0 Å². The van der Waals surface area contributed by atoms with E-state index in [9.17, 15) is 4.79 Å². The Bertz CT molecular complexity index is 92.4. The Balaban J connectivity index is 3.64. The molecule has 0 saturated heterocycles. The minimum atomic E-state index is -1.34. The fraction of sp³-hybridized carbons (Fsp3) is 0.800. The van der Waals surface area contributed by atoms with E-state index in [4.69, 9.17) is 5.73 Å². The van der Waals surface area contributed by atoms with Gasteiger partial charge in [-0.25, -0.2) is 0 Å². The average molecular weight is 311 g/mol. The topological polar surface area (TPSA) is 43.1 Å². The molecule has 8 heavy (non-hydrogen) atoms. The molecule has 0 aliphatic carbocycles. The predicted molar refractivity (Wildman–Crippen MR) is 36.1 cm³/mol. The number of rotatable bonds is 2. The van der Waals surface area contributed by atoms with Gasteiger partial charge in [-0.05, 0) is 0 Å². The van der Waals surface area contributed by atoms with Crippen LogP contribution in [0.15, 0.2) is 0 Å². The summed E-state index contributed by atoms with van der Waals surface area (Å²) in [5, 5.41) is 0. The van der Waals surface area contributed by atoms with Crippen molar-refractivity contribution in [3.63, 3.8) is 0 Å². The molecule has 1 atom stereocenters. The first-order valence-electron chi connectivity index (χ1n) is 2.51. The summed E-state index contributed by atoms with van der Waals surface area (Å²) in [6, 6.07) is 0. The van der Waals surface area contributed by atoms with Gasteiger partial charge in [0.2, 0.25) is 0 Å². The third kappa shape index (κ3) is 2.61. The molecule has 1 unspecified atom stereocenters. The van der Waals surface area contributed by atoms with Gasteiger partial charge in [0.1, 0.15) is 0 Å². The molecule has 0 bridgehead atoms. The van der Waals surface area contributed by atoms with Crippen molar-refractivity contribution in [2.24, 2.45) is 5.73 Å². The van der Waals surface area contributed by atoms with Crippen LogP contribution in [0.4, 0.5) is 0 Å². The van der Waals surface area contributed by atoms with Crippen LogP contribution < -0.4 is 5.73 Å². The van der Waals surface area contributed by atoms with Gasteiger partial charge in [0.25, 0.3) is 0 Å². The van der Waals surface area contributed by atoms with Crippen LogP contribution in [0, 0.1) is 0 Å². The molecular weight excluding hydrogens is 299 g/mol. The van der Waals surface area contributed by atoms with Crippen molar-refractivity contribution in [3.8, 4) is 0 Å². The third-order valence-corrected chi connectivity index (χ3v) is 8.20.